The molecule has 0 saturated heterocycles. The number of nitrogens with one attached hydrogen (secondary N) is 1. The first-order valence-corrected chi connectivity index (χ1v) is 7.24. The third-order valence-corrected chi connectivity index (χ3v) is 3.06. The number of nitrogen functional groups attached to an aromatic ring is 1. The van der Waals surface area contributed by atoms with E-state index in [9.17, 15) is 0 Å². The molecule has 0 aliphatic carbocycles. The monoisotopic (exact) mass is 282 g/mol. The lowest BCUT2D eigenvalue weighted by molar-refractivity contribution is 0.233. The SMILES string of the molecule is CCCC(C)COc1nc(NN)nc(N(CC)CC)n1. The Kier molecular flexibility index (Phi) is 7.00. The molecule has 7 nitrogen and oxygen atoms in total. The minimum absolute atomic E-state index is 0.317. The number of hydrogen-bond donors (Lipinski definition) is 2. The van der Waals surface area contributed by atoms with Gasteiger partial charge in [0.2, 0.25) is 11.9 Å². The summed E-state index contributed by atoms with van der Waals surface area (Å²) in [6.45, 7) is 10.6. The van der Waals surface area contributed by atoms with Gasteiger partial charge in [0.1, 0.15) is 0 Å². The molecule has 114 valence electrons. The topological polar surface area (TPSA) is 89.2 Å². The van der Waals surface area contributed by atoms with Crippen molar-refractivity contribution in [2.45, 2.75) is 40.5 Å². The Morgan fingerprint density at radius 1 is 1.20 bits per heavy atom. The molecule has 0 aliphatic rings. The first-order valence-electron chi connectivity index (χ1n) is 7.24. The van der Waals surface area contributed by atoms with Crippen LogP contribution in [0.2, 0.25) is 0 Å². The van der Waals surface area contributed by atoms with E-state index in [4.69, 9.17) is 10.6 Å². The Bertz CT molecular complexity index is 396. The minimum Gasteiger partial charge on any atom is -0.463 e. The van der Waals surface area contributed by atoms with Crippen molar-refractivity contribution in [1.82, 2.24) is 15.0 Å². The Labute approximate surface area is 120 Å². The molecule has 1 unspecified atom stereocenters. The minimum atomic E-state index is 0.317. The molecule has 0 radical (unpaired) electrons. The van der Waals surface area contributed by atoms with Gasteiger partial charge in [-0.3, -0.25) is 5.43 Å². The number of aromatic nitrogens is 3. The van der Waals surface area contributed by atoms with Gasteiger partial charge < -0.3 is 9.64 Å². The third-order valence-electron chi connectivity index (χ3n) is 3.06. The maximum absolute atomic E-state index is 5.66. The Hall–Kier alpha value is -1.63. The molecule has 0 spiro atoms. The van der Waals surface area contributed by atoms with E-state index in [0.29, 0.717) is 30.4 Å². The average molecular weight is 282 g/mol. The summed E-state index contributed by atoms with van der Waals surface area (Å²) in [5, 5.41) is 0. The molecular weight excluding hydrogens is 256 g/mol. The fraction of sp³-hybridized carbons (Fsp3) is 0.769. The van der Waals surface area contributed by atoms with E-state index in [1.807, 2.05) is 18.7 Å². The second kappa shape index (κ2) is 8.52. The maximum Gasteiger partial charge on any atom is 0.323 e. The Morgan fingerprint density at radius 3 is 2.45 bits per heavy atom. The zero-order chi connectivity index (χ0) is 15.0. The predicted octanol–water partition coefficient (Wildman–Crippen LogP) is 1.82. The lowest BCUT2D eigenvalue weighted by Gasteiger charge is -2.19. The standard InChI is InChI=1S/C13H26N6O/c1-5-8-10(4)9-20-13-16-11(18-14)15-12(17-13)19(6-2)7-3/h10H,5-9,14H2,1-4H3,(H,15,16,17,18). The molecule has 0 saturated carbocycles. The molecule has 3 N–H and O–H groups in total. The molecule has 0 aliphatic heterocycles. The van der Waals surface area contributed by atoms with Crippen LogP contribution in [0.25, 0.3) is 0 Å². The van der Waals surface area contributed by atoms with E-state index >= 15 is 0 Å². The number of nitrogens with zero attached hydrogens (tertiary/aromatic N) is 4. The average Bonchev–Trinajstić information content (AvgIpc) is 2.46. The number of hydrogen-bond acceptors (Lipinski definition) is 7. The summed E-state index contributed by atoms with van der Waals surface area (Å²) in [6.07, 6.45) is 2.26. The fourth-order valence-electron chi connectivity index (χ4n) is 1.92. The van der Waals surface area contributed by atoms with Crippen molar-refractivity contribution in [2.24, 2.45) is 11.8 Å². The van der Waals surface area contributed by atoms with E-state index in [1.54, 1.807) is 0 Å². The van der Waals surface area contributed by atoms with Gasteiger partial charge in [0.25, 0.3) is 0 Å². The molecule has 0 bridgehead atoms. The highest BCUT2D eigenvalue weighted by molar-refractivity contribution is 5.37. The highest BCUT2D eigenvalue weighted by Gasteiger charge is 2.12. The Balaban J connectivity index is 2.82. The van der Waals surface area contributed by atoms with Crippen LogP contribution in [-0.4, -0.2) is 34.6 Å². The number of rotatable bonds is 9. The van der Waals surface area contributed by atoms with Crippen LogP contribution in [0.1, 0.15) is 40.5 Å². The molecule has 0 fully saturated rings. The summed E-state index contributed by atoms with van der Waals surface area (Å²) in [6, 6.07) is 0.317. The summed E-state index contributed by atoms with van der Waals surface area (Å²) < 4.78 is 5.66. The van der Waals surface area contributed by atoms with E-state index in [2.05, 4.69) is 34.2 Å². The normalized spacial score (nSPS) is 12.1. The summed E-state index contributed by atoms with van der Waals surface area (Å²) >= 11 is 0. The van der Waals surface area contributed by atoms with E-state index < -0.39 is 0 Å². The molecule has 1 atom stereocenters. The van der Waals surface area contributed by atoms with Gasteiger partial charge in [-0.1, -0.05) is 20.3 Å². The maximum atomic E-state index is 5.66. The summed E-state index contributed by atoms with van der Waals surface area (Å²) in [5.41, 5.74) is 2.45. The van der Waals surface area contributed by atoms with Crippen molar-refractivity contribution in [3.63, 3.8) is 0 Å². The summed E-state index contributed by atoms with van der Waals surface area (Å²) in [4.78, 5) is 14.7. The van der Waals surface area contributed by atoms with Crippen molar-refractivity contribution in [3.05, 3.63) is 0 Å². The quantitative estimate of drug-likeness (QED) is 0.527. The fourth-order valence-corrected chi connectivity index (χ4v) is 1.92. The van der Waals surface area contributed by atoms with Crippen LogP contribution in [0.3, 0.4) is 0 Å². The van der Waals surface area contributed by atoms with Crippen molar-refractivity contribution in [2.75, 3.05) is 30.0 Å². The first kappa shape index (κ1) is 16.4. The van der Waals surface area contributed by atoms with Crippen molar-refractivity contribution < 1.29 is 4.74 Å². The van der Waals surface area contributed by atoms with Crippen LogP contribution >= 0.6 is 0 Å². The van der Waals surface area contributed by atoms with Gasteiger partial charge in [-0.2, -0.15) is 15.0 Å². The van der Waals surface area contributed by atoms with E-state index in [0.717, 1.165) is 25.9 Å². The van der Waals surface area contributed by atoms with Crippen LogP contribution in [0.15, 0.2) is 0 Å². The second-order valence-electron chi connectivity index (χ2n) is 4.76. The van der Waals surface area contributed by atoms with Crippen molar-refractivity contribution in [1.29, 1.82) is 0 Å². The van der Waals surface area contributed by atoms with Gasteiger partial charge in [-0.05, 0) is 26.2 Å². The van der Waals surface area contributed by atoms with Crippen LogP contribution in [0.5, 0.6) is 6.01 Å². The van der Waals surface area contributed by atoms with Crippen LogP contribution in [0.4, 0.5) is 11.9 Å². The first-order chi connectivity index (χ1) is 9.64. The number of nitrogens with two attached hydrogens (primary N) is 1. The Morgan fingerprint density at radius 2 is 1.90 bits per heavy atom. The summed E-state index contributed by atoms with van der Waals surface area (Å²) in [5.74, 6) is 6.77. The van der Waals surface area contributed by atoms with Gasteiger partial charge in [-0.15, -0.1) is 0 Å². The molecule has 1 aromatic heterocycles. The van der Waals surface area contributed by atoms with Gasteiger partial charge in [0.05, 0.1) is 6.61 Å². The van der Waals surface area contributed by atoms with Gasteiger partial charge >= 0.3 is 6.01 Å². The third kappa shape index (κ3) is 4.80. The molecule has 0 amide bonds. The molecule has 7 heteroatoms. The van der Waals surface area contributed by atoms with Gasteiger partial charge in [-0.25, -0.2) is 5.84 Å². The molecular formula is C13H26N6O. The van der Waals surface area contributed by atoms with E-state index in [1.165, 1.54) is 0 Å². The summed E-state index contributed by atoms with van der Waals surface area (Å²) in [7, 11) is 0. The zero-order valence-corrected chi connectivity index (χ0v) is 12.9. The molecule has 0 aromatic carbocycles. The highest BCUT2D eigenvalue weighted by atomic mass is 16.5. The van der Waals surface area contributed by atoms with Crippen molar-refractivity contribution in [3.8, 4) is 6.01 Å². The van der Waals surface area contributed by atoms with E-state index in [-0.39, 0.29) is 0 Å². The van der Waals surface area contributed by atoms with Crippen LogP contribution in [-0.2, 0) is 0 Å². The highest BCUT2D eigenvalue weighted by Crippen LogP contribution is 2.15. The molecule has 20 heavy (non-hydrogen) atoms. The number of ether oxygens (including phenoxy) is 1. The molecule has 1 aromatic rings. The molecule has 1 rings (SSSR count). The van der Waals surface area contributed by atoms with Crippen LogP contribution in [0, 0.1) is 5.92 Å². The second-order valence-corrected chi connectivity index (χ2v) is 4.76. The predicted molar refractivity (Wildman–Crippen MR) is 80.8 cm³/mol. The zero-order valence-electron chi connectivity index (χ0n) is 12.9. The molecule has 1 heterocycles. The lowest BCUT2D eigenvalue weighted by atomic mass is 10.1. The van der Waals surface area contributed by atoms with Gasteiger partial charge in [0, 0.05) is 13.1 Å². The number of hydrazine groups is 1. The van der Waals surface area contributed by atoms with Gasteiger partial charge in [0.15, 0.2) is 0 Å². The largest absolute Gasteiger partial charge is 0.463 e. The van der Waals surface area contributed by atoms with Crippen molar-refractivity contribution >= 4 is 11.9 Å². The lowest BCUT2D eigenvalue weighted by Crippen LogP contribution is -2.26. The smallest absolute Gasteiger partial charge is 0.323 e. The van der Waals surface area contributed by atoms with Crippen LogP contribution < -0.4 is 20.9 Å². The number of anilines is 2.